The zero-order chi connectivity index (χ0) is 15.6. The van der Waals surface area contributed by atoms with Gasteiger partial charge in [-0.25, -0.2) is 4.39 Å². The molecule has 0 aliphatic carbocycles. The fraction of sp³-hybridized carbons (Fsp3) is 0.188. The van der Waals surface area contributed by atoms with Gasteiger partial charge in [0.1, 0.15) is 5.82 Å². The van der Waals surface area contributed by atoms with Gasteiger partial charge in [0.25, 0.3) is 5.91 Å². The molecule has 0 spiro atoms. The Balaban J connectivity index is 2.33. The molecule has 1 unspecified atom stereocenters. The average molecular weight is 287 g/mol. The Morgan fingerprint density at radius 2 is 2.00 bits per heavy atom. The normalized spacial score (nSPS) is 12.0. The number of carbonyl (C=O) groups excluding carboxylic acids is 1. The summed E-state index contributed by atoms with van der Waals surface area (Å²) in [4.78, 5) is 11.5. The van der Waals surface area contributed by atoms with Crippen LogP contribution in [0.2, 0.25) is 0 Å². The molecule has 2 aromatic rings. The number of rotatable bonds is 4. The Hall–Kier alpha value is -2.56. The van der Waals surface area contributed by atoms with Crippen LogP contribution in [0.4, 0.5) is 15.8 Å². The maximum atomic E-state index is 13.6. The zero-order valence-electron chi connectivity index (χ0n) is 12.0. The van der Waals surface area contributed by atoms with Crippen molar-refractivity contribution in [3.8, 4) is 0 Å². The van der Waals surface area contributed by atoms with Crippen molar-refractivity contribution >= 4 is 17.3 Å². The zero-order valence-corrected chi connectivity index (χ0v) is 12.0. The van der Waals surface area contributed by atoms with Crippen LogP contribution in [0.25, 0.3) is 0 Å². The van der Waals surface area contributed by atoms with Crippen LogP contribution in [0.15, 0.2) is 36.4 Å². The molecule has 0 aliphatic rings. The van der Waals surface area contributed by atoms with E-state index in [0.29, 0.717) is 22.5 Å². The summed E-state index contributed by atoms with van der Waals surface area (Å²) >= 11 is 0. The van der Waals surface area contributed by atoms with E-state index < -0.39 is 5.91 Å². The molecular weight excluding hydrogens is 269 g/mol. The van der Waals surface area contributed by atoms with Crippen molar-refractivity contribution in [2.75, 3.05) is 11.1 Å². The smallest absolute Gasteiger partial charge is 0.250 e. The van der Waals surface area contributed by atoms with Crippen LogP contribution in [-0.4, -0.2) is 5.91 Å². The van der Waals surface area contributed by atoms with Crippen LogP contribution in [-0.2, 0) is 0 Å². The highest BCUT2D eigenvalue weighted by Gasteiger charge is 2.14. The van der Waals surface area contributed by atoms with Crippen molar-refractivity contribution in [2.24, 2.45) is 5.73 Å². The van der Waals surface area contributed by atoms with Crippen molar-refractivity contribution in [1.82, 2.24) is 0 Å². The predicted molar refractivity (Wildman–Crippen MR) is 82.5 cm³/mol. The molecule has 4 nitrogen and oxygen atoms in total. The van der Waals surface area contributed by atoms with Gasteiger partial charge in [-0.2, -0.15) is 0 Å². The van der Waals surface area contributed by atoms with E-state index >= 15 is 0 Å². The Kier molecular flexibility index (Phi) is 4.12. The Labute approximate surface area is 123 Å². The summed E-state index contributed by atoms with van der Waals surface area (Å²) in [6, 6.07) is 9.74. The minimum Gasteiger partial charge on any atom is -0.397 e. The van der Waals surface area contributed by atoms with E-state index in [9.17, 15) is 9.18 Å². The molecule has 0 saturated carbocycles. The summed E-state index contributed by atoms with van der Waals surface area (Å²) in [5.74, 6) is -0.829. The molecule has 5 N–H and O–H groups in total. The Morgan fingerprint density at radius 1 is 1.29 bits per heavy atom. The van der Waals surface area contributed by atoms with Gasteiger partial charge < -0.3 is 16.8 Å². The third-order valence-electron chi connectivity index (χ3n) is 3.42. The number of nitrogens with two attached hydrogens (primary N) is 2. The summed E-state index contributed by atoms with van der Waals surface area (Å²) in [6.45, 7) is 3.57. The molecule has 1 atom stereocenters. The van der Waals surface area contributed by atoms with Gasteiger partial charge in [-0.05, 0) is 43.2 Å². The standard InChI is InChI=1S/C16H18FN3O/c1-9-6-7-11(8-13(9)17)10(2)20-15-12(16(19)21)4-3-5-14(15)18/h3-8,10,20H,18H2,1-2H3,(H2,19,21). The molecule has 1 amide bonds. The lowest BCUT2D eigenvalue weighted by Crippen LogP contribution is -2.17. The summed E-state index contributed by atoms with van der Waals surface area (Å²) in [6.07, 6.45) is 0. The average Bonchev–Trinajstić information content (AvgIpc) is 2.43. The van der Waals surface area contributed by atoms with E-state index in [-0.39, 0.29) is 11.9 Å². The second kappa shape index (κ2) is 5.83. The SMILES string of the molecule is Cc1ccc(C(C)Nc2c(N)cccc2C(N)=O)cc1F. The van der Waals surface area contributed by atoms with Gasteiger partial charge in [-0.1, -0.05) is 18.2 Å². The van der Waals surface area contributed by atoms with Crippen LogP contribution < -0.4 is 16.8 Å². The molecule has 5 heteroatoms. The molecule has 2 rings (SSSR count). The van der Waals surface area contributed by atoms with Gasteiger partial charge >= 0.3 is 0 Å². The third kappa shape index (κ3) is 3.13. The molecule has 2 aromatic carbocycles. The second-order valence-corrected chi connectivity index (χ2v) is 5.01. The maximum absolute atomic E-state index is 13.6. The van der Waals surface area contributed by atoms with Crippen LogP contribution in [0.5, 0.6) is 0 Å². The first-order chi connectivity index (χ1) is 9.90. The van der Waals surface area contributed by atoms with Gasteiger partial charge in [0.05, 0.1) is 16.9 Å². The summed E-state index contributed by atoms with van der Waals surface area (Å²) < 4.78 is 13.6. The molecule has 0 heterocycles. The van der Waals surface area contributed by atoms with Gasteiger partial charge in [0.15, 0.2) is 0 Å². The Morgan fingerprint density at radius 3 is 2.62 bits per heavy atom. The van der Waals surface area contributed by atoms with E-state index in [0.717, 1.165) is 5.56 Å². The van der Waals surface area contributed by atoms with Crippen molar-refractivity contribution in [3.63, 3.8) is 0 Å². The first kappa shape index (κ1) is 14.8. The fourth-order valence-electron chi connectivity index (χ4n) is 2.11. The number of halogens is 1. The number of para-hydroxylation sites is 1. The fourth-order valence-corrected chi connectivity index (χ4v) is 2.11. The number of nitrogens with one attached hydrogen (secondary N) is 1. The highest BCUT2D eigenvalue weighted by atomic mass is 19.1. The summed E-state index contributed by atoms with van der Waals surface area (Å²) in [5, 5.41) is 3.13. The van der Waals surface area contributed by atoms with Gasteiger partial charge in [-0.3, -0.25) is 4.79 Å². The number of hydrogen-bond acceptors (Lipinski definition) is 3. The highest BCUT2D eigenvalue weighted by molar-refractivity contribution is 6.01. The first-order valence-corrected chi connectivity index (χ1v) is 6.61. The van der Waals surface area contributed by atoms with E-state index in [1.54, 1.807) is 31.2 Å². The van der Waals surface area contributed by atoms with E-state index in [4.69, 9.17) is 11.5 Å². The number of nitrogen functional groups attached to an aromatic ring is 1. The molecule has 0 aliphatic heterocycles. The number of aryl methyl sites for hydroxylation is 1. The first-order valence-electron chi connectivity index (χ1n) is 6.61. The quantitative estimate of drug-likeness (QED) is 0.756. The van der Waals surface area contributed by atoms with Crippen LogP contribution in [0.1, 0.15) is 34.5 Å². The predicted octanol–water partition coefficient (Wildman–Crippen LogP) is 2.99. The van der Waals surface area contributed by atoms with Crippen LogP contribution in [0.3, 0.4) is 0 Å². The number of amides is 1. The molecule has 0 bridgehead atoms. The lowest BCUT2D eigenvalue weighted by molar-refractivity contribution is 0.100. The van der Waals surface area contributed by atoms with Crippen molar-refractivity contribution in [2.45, 2.75) is 19.9 Å². The molecule has 0 saturated heterocycles. The van der Waals surface area contributed by atoms with Crippen molar-refractivity contribution < 1.29 is 9.18 Å². The van der Waals surface area contributed by atoms with Gasteiger partial charge in [0.2, 0.25) is 0 Å². The highest BCUT2D eigenvalue weighted by Crippen LogP contribution is 2.28. The second-order valence-electron chi connectivity index (χ2n) is 5.01. The summed E-state index contributed by atoms with van der Waals surface area (Å²) in [7, 11) is 0. The van der Waals surface area contributed by atoms with E-state index in [2.05, 4.69) is 5.32 Å². The molecule has 110 valence electrons. The minimum absolute atomic E-state index is 0.220. The maximum Gasteiger partial charge on any atom is 0.250 e. The van der Waals surface area contributed by atoms with Crippen LogP contribution in [0, 0.1) is 12.7 Å². The molecule has 21 heavy (non-hydrogen) atoms. The molecule has 0 radical (unpaired) electrons. The van der Waals surface area contributed by atoms with Crippen molar-refractivity contribution in [3.05, 3.63) is 58.9 Å². The van der Waals surface area contributed by atoms with Gasteiger partial charge in [0, 0.05) is 6.04 Å². The lowest BCUT2D eigenvalue weighted by atomic mass is 10.0. The number of hydrogen-bond donors (Lipinski definition) is 3. The van der Waals surface area contributed by atoms with Gasteiger partial charge in [-0.15, -0.1) is 0 Å². The Bertz CT molecular complexity index is 685. The third-order valence-corrected chi connectivity index (χ3v) is 3.42. The monoisotopic (exact) mass is 287 g/mol. The minimum atomic E-state index is -0.563. The number of anilines is 2. The largest absolute Gasteiger partial charge is 0.397 e. The number of carbonyl (C=O) groups is 1. The van der Waals surface area contributed by atoms with E-state index in [1.165, 1.54) is 6.07 Å². The van der Waals surface area contributed by atoms with Crippen molar-refractivity contribution in [1.29, 1.82) is 0 Å². The molecular formula is C16H18FN3O. The lowest BCUT2D eigenvalue weighted by Gasteiger charge is -2.19. The van der Waals surface area contributed by atoms with E-state index in [1.807, 2.05) is 13.0 Å². The molecule has 0 aromatic heterocycles. The number of benzene rings is 2. The molecule has 0 fully saturated rings. The number of primary amides is 1. The summed E-state index contributed by atoms with van der Waals surface area (Å²) in [5.41, 5.74) is 13.8. The van der Waals surface area contributed by atoms with Crippen LogP contribution >= 0.6 is 0 Å². The topological polar surface area (TPSA) is 81.1 Å².